The molecule has 0 N–H and O–H groups in total. The SMILES string of the molecule is COCC(=S)N1[C@@H](c2ccccc2)CC[C@@H]1c1ccccc1. The molecule has 2 atom stereocenters. The number of methoxy groups -OCH3 is 1. The highest BCUT2D eigenvalue weighted by atomic mass is 32.1. The Morgan fingerprint density at radius 3 is 1.82 bits per heavy atom. The molecule has 1 saturated heterocycles. The number of hydrogen-bond donors (Lipinski definition) is 0. The van der Waals surface area contributed by atoms with Crippen LogP contribution in [0.4, 0.5) is 0 Å². The summed E-state index contributed by atoms with van der Waals surface area (Å²) in [5.41, 5.74) is 2.67. The van der Waals surface area contributed by atoms with Gasteiger partial charge in [-0.15, -0.1) is 0 Å². The molecule has 1 aliphatic rings. The van der Waals surface area contributed by atoms with E-state index in [1.165, 1.54) is 11.1 Å². The van der Waals surface area contributed by atoms with E-state index in [0.717, 1.165) is 17.8 Å². The summed E-state index contributed by atoms with van der Waals surface area (Å²) in [7, 11) is 1.71. The number of rotatable bonds is 4. The van der Waals surface area contributed by atoms with Gasteiger partial charge in [0, 0.05) is 7.11 Å². The average molecular weight is 311 g/mol. The van der Waals surface area contributed by atoms with Gasteiger partial charge in [0.15, 0.2) is 0 Å². The molecule has 3 heteroatoms. The van der Waals surface area contributed by atoms with Crippen molar-refractivity contribution in [2.24, 2.45) is 0 Å². The maximum absolute atomic E-state index is 5.67. The lowest BCUT2D eigenvalue weighted by atomic mass is 10.0. The molecule has 2 aromatic carbocycles. The number of nitrogens with zero attached hydrogens (tertiary/aromatic N) is 1. The number of benzene rings is 2. The summed E-state index contributed by atoms with van der Waals surface area (Å²) in [4.78, 5) is 3.27. The van der Waals surface area contributed by atoms with Gasteiger partial charge < -0.3 is 9.64 Å². The van der Waals surface area contributed by atoms with E-state index in [4.69, 9.17) is 17.0 Å². The maximum Gasteiger partial charge on any atom is 0.105 e. The van der Waals surface area contributed by atoms with E-state index in [0.29, 0.717) is 18.7 Å². The lowest BCUT2D eigenvalue weighted by molar-refractivity contribution is 0.221. The first-order chi connectivity index (χ1) is 10.8. The van der Waals surface area contributed by atoms with Gasteiger partial charge in [0.2, 0.25) is 0 Å². The van der Waals surface area contributed by atoms with Crippen molar-refractivity contribution in [3.05, 3.63) is 71.8 Å². The van der Waals surface area contributed by atoms with Gasteiger partial charge in [-0.25, -0.2) is 0 Å². The highest BCUT2D eigenvalue weighted by Crippen LogP contribution is 2.44. The molecule has 0 unspecified atom stereocenters. The average Bonchev–Trinajstić information content (AvgIpc) is 3.02. The van der Waals surface area contributed by atoms with Crippen molar-refractivity contribution < 1.29 is 4.74 Å². The van der Waals surface area contributed by atoms with E-state index in [1.807, 2.05) is 0 Å². The summed E-state index contributed by atoms with van der Waals surface area (Å²) in [5.74, 6) is 0. The topological polar surface area (TPSA) is 12.5 Å². The molecule has 1 fully saturated rings. The zero-order valence-electron chi connectivity index (χ0n) is 12.8. The van der Waals surface area contributed by atoms with Crippen molar-refractivity contribution in [3.63, 3.8) is 0 Å². The smallest absolute Gasteiger partial charge is 0.105 e. The van der Waals surface area contributed by atoms with Gasteiger partial charge in [-0.05, 0) is 24.0 Å². The highest BCUT2D eigenvalue weighted by molar-refractivity contribution is 7.80. The number of thiocarbonyl (C=S) groups is 1. The number of ether oxygens (including phenoxy) is 1. The second-order valence-electron chi connectivity index (χ2n) is 5.66. The lowest BCUT2D eigenvalue weighted by Crippen LogP contribution is -2.34. The molecule has 3 rings (SSSR count). The Labute approximate surface area is 137 Å². The molecule has 114 valence electrons. The number of likely N-dealkylation sites (tertiary alicyclic amines) is 1. The molecule has 1 heterocycles. The summed E-state index contributed by atoms with van der Waals surface area (Å²) in [6, 6.07) is 22.0. The zero-order chi connectivity index (χ0) is 15.4. The molecule has 2 nitrogen and oxygen atoms in total. The third-order valence-electron chi connectivity index (χ3n) is 4.31. The van der Waals surface area contributed by atoms with Crippen molar-refractivity contribution in [3.8, 4) is 0 Å². The lowest BCUT2D eigenvalue weighted by Gasteiger charge is -2.33. The van der Waals surface area contributed by atoms with E-state index in [1.54, 1.807) is 7.11 Å². The fourth-order valence-electron chi connectivity index (χ4n) is 3.36. The van der Waals surface area contributed by atoms with Crippen LogP contribution in [-0.2, 0) is 4.74 Å². The van der Waals surface area contributed by atoms with Crippen LogP contribution in [0.1, 0.15) is 36.1 Å². The minimum absolute atomic E-state index is 0.342. The largest absolute Gasteiger partial charge is 0.378 e. The molecule has 2 aromatic rings. The van der Waals surface area contributed by atoms with Crippen LogP contribution in [-0.4, -0.2) is 23.6 Å². The third kappa shape index (κ3) is 3.06. The highest BCUT2D eigenvalue weighted by Gasteiger charge is 2.36. The Kier molecular flexibility index (Phi) is 4.86. The van der Waals surface area contributed by atoms with Crippen LogP contribution in [0.2, 0.25) is 0 Å². The van der Waals surface area contributed by atoms with E-state index in [9.17, 15) is 0 Å². The first kappa shape index (κ1) is 15.2. The summed E-state index contributed by atoms with van der Waals surface area (Å²) in [5, 5.41) is 0. The molecule has 0 aliphatic carbocycles. The normalized spacial score (nSPS) is 21.0. The Hall–Kier alpha value is -1.71. The Balaban J connectivity index is 1.93. The van der Waals surface area contributed by atoms with Crippen LogP contribution in [0.15, 0.2) is 60.7 Å². The van der Waals surface area contributed by atoms with Crippen molar-refractivity contribution in [1.29, 1.82) is 0 Å². The van der Waals surface area contributed by atoms with Crippen LogP contribution in [0.5, 0.6) is 0 Å². The van der Waals surface area contributed by atoms with Crippen LogP contribution in [0, 0.1) is 0 Å². The molecule has 0 spiro atoms. The summed E-state index contributed by atoms with van der Waals surface area (Å²) >= 11 is 5.67. The van der Waals surface area contributed by atoms with Crippen molar-refractivity contribution in [2.45, 2.75) is 24.9 Å². The van der Waals surface area contributed by atoms with E-state index < -0.39 is 0 Å². The summed E-state index contributed by atoms with van der Waals surface area (Å²) < 4.78 is 5.30. The van der Waals surface area contributed by atoms with Crippen molar-refractivity contribution >= 4 is 17.2 Å². The predicted octanol–water partition coefficient (Wildman–Crippen LogP) is 4.54. The Morgan fingerprint density at radius 2 is 1.41 bits per heavy atom. The van der Waals surface area contributed by atoms with Crippen LogP contribution < -0.4 is 0 Å². The maximum atomic E-state index is 5.67. The van der Waals surface area contributed by atoms with Gasteiger partial charge in [-0.1, -0.05) is 72.9 Å². The fraction of sp³-hybridized carbons (Fsp3) is 0.316. The van der Waals surface area contributed by atoms with Crippen LogP contribution in [0.25, 0.3) is 0 Å². The monoisotopic (exact) mass is 311 g/mol. The molecule has 0 saturated carbocycles. The van der Waals surface area contributed by atoms with Gasteiger partial charge in [-0.3, -0.25) is 0 Å². The van der Waals surface area contributed by atoms with E-state index >= 15 is 0 Å². The molecule has 0 aromatic heterocycles. The minimum atomic E-state index is 0.342. The fourth-order valence-corrected chi connectivity index (χ4v) is 3.73. The second-order valence-corrected chi connectivity index (χ2v) is 6.14. The zero-order valence-corrected chi connectivity index (χ0v) is 13.6. The third-order valence-corrected chi connectivity index (χ3v) is 4.64. The molecule has 1 aliphatic heterocycles. The predicted molar refractivity (Wildman–Crippen MR) is 93.9 cm³/mol. The second kappa shape index (κ2) is 7.03. The first-order valence-corrected chi connectivity index (χ1v) is 8.12. The Morgan fingerprint density at radius 1 is 0.955 bits per heavy atom. The van der Waals surface area contributed by atoms with Crippen molar-refractivity contribution in [1.82, 2.24) is 4.90 Å². The molecule has 0 bridgehead atoms. The molecule has 22 heavy (non-hydrogen) atoms. The van der Waals surface area contributed by atoms with E-state index in [-0.39, 0.29) is 0 Å². The van der Waals surface area contributed by atoms with Gasteiger partial charge in [0.05, 0.1) is 18.7 Å². The molecular formula is C19H21NOS. The summed E-state index contributed by atoms with van der Waals surface area (Å²) in [6.45, 7) is 0.502. The standard InChI is InChI=1S/C19H21NOS/c1-21-14-19(22)20-17(15-8-4-2-5-9-15)12-13-18(20)16-10-6-3-7-11-16/h2-11,17-18H,12-14H2,1H3/t17-,18-/m1/s1. The molecule has 0 amide bonds. The summed E-state index contributed by atoms with van der Waals surface area (Å²) in [6.07, 6.45) is 2.24. The minimum Gasteiger partial charge on any atom is -0.378 e. The van der Waals surface area contributed by atoms with Gasteiger partial charge in [0.25, 0.3) is 0 Å². The molecule has 0 radical (unpaired) electrons. The number of hydrogen-bond acceptors (Lipinski definition) is 2. The van der Waals surface area contributed by atoms with Gasteiger partial charge >= 0.3 is 0 Å². The Bertz CT molecular complexity index is 566. The van der Waals surface area contributed by atoms with E-state index in [2.05, 4.69) is 65.6 Å². The van der Waals surface area contributed by atoms with Crippen molar-refractivity contribution in [2.75, 3.05) is 13.7 Å². The van der Waals surface area contributed by atoms with Crippen LogP contribution in [0.3, 0.4) is 0 Å². The van der Waals surface area contributed by atoms with Gasteiger partial charge in [-0.2, -0.15) is 0 Å². The quantitative estimate of drug-likeness (QED) is 0.769. The van der Waals surface area contributed by atoms with Crippen LogP contribution >= 0.6 is 12.2 Å². The first-order valence-electron chi connectivity index (χ1n) is 7.71. The van der Waals surface area contributed by atoms with Gasteiger partial charge in [0.1, 0.15) is 4.99 Å². The molecular weight excluding hydrogens is 290 g/mol.